The van der Waals surface area contributed by atoms with Crippen molar-refractivity contribution >= 4 is 60.5 Å². The fraction of sp³-hybridized carbons (Fsp3) is 0.217. The third-order valence-electron chi connectivity index (χ3n) is 12.3. The van der Waals surface area contributed by atoms with E-state index in [1.807, 2.05) is 0 Å². The van der Waals surface area contributed by atoms with Gasteiger partial charge in [-0.3, -0.25) is 0 Å². The van der Waals surface area contributed by atoms with E-state index in [1.54, 1.807) is 0 Å². The van der Waals surface area contributed by atoms with E-state index in [2.05, 4.69) is 166 Å². The maximum Gasteiger partial charge on any atom is 0.150 e. The average molecular weight is 716 g/mol. The first kappa shape index (κ1) is 31.3. The Kier molecular flexibility index (Phi) is 7.42. The molecule has 2 aliphatic heterocycles. The molecule has 6 aromatic carbocycles. The summed E-state index contributed by atoms with van der Waals surface area (Å²) in [5, 5.41) is 9.35. The van der Waals surface area contributed by atoms with Crippen LogP contribution >= 0.6 is 0 Å². The Morgan fingerprint density at radius 1 is 0.549 bits per heavy atom. The lowest BCUT2D eigenvalue weighted by Crippen LogP contribution is -2.67. The van der Waals surface area contributed by atoms with E-state index in [0.717, 1.165) is 65.4 Å². The van der Waals surface area contributed by atoms with Crippen LogP contribution in [0.1, 0.15) is 38.5 Å². The number of rotatable bonds is 5. The van der Waals surface area contributed by atoms with Crippen molar-refractivity contribution in [2.24, 2.45) is 0 Å². The van der Waals surface area contributed by atoms with Crippen LogP contribution in [0.4, 0.5) is 0 Å². The van der Waals surface area contributed by atoms with Crippen LogP contribution in [0, 0.1) is 0 Å². The van der Waals surface area contributed by atoms with Gasteiger partial charge in [0.15, 0.2) is 0 Å². The van der Waals surface area contributed by atoms with Crippen molar-refractivity contribution in [1.82, 2.24) is 0 Å². The summed E-state index contributed by atoms with van der Waals surface area (Å²) in [7, 11) is -6.81. The van der Waals surface area contributed by atoms with Crippen LogP contribution in [0.2, 0.25) is 32.7 Å². The van der Waals surface area contributed by atoms with Crippen LogP contribution in [-0.2, 0) is 0 Å². The van der Waals surface area contributed by atoms with Crippen LogP contribution in [-0.4, -0.2) is 24.2 Å². The summed E-state index contributed by atoms with van der Waals surface area (Å²) in [5.41, 5.74) is 3.39. The molecule has 1 saturated carbocycles. The maximum atomic E-state index is 9.90. The Labute approximate surface area is 307 Å². The Morgan fingerprint density at radius 2 is 1.10 bits per heavy atom. The molecule has 0 amide bonds. The Morgan fingerprint density at radius 3 is 1.76 bits per heavy atom. The zero-order valence-electron chi connectivity index (χ0n) is 31.3. The van der Waals surface area contributed by atoms with E-state index in [1.165, 1.54) is 36.3 Å². The summed E-state index contributed by atoms with van der Waals surface area (Å²) < 4.78 is 23.9. The molecule has 0 radical (unpaired) electrons. The molecule has 6 aromatic rings. The SMILES string of the molecule is [2H]C1(c2ccc([Si](C)(c3ccccc3)c3cccc4c3Oc3ccccc3[Si]4(C)C)cc2-c2cccc3c2Oc2ccccc2[Si]3(C)C)CCCC1. The lowest BCUT2D eigenvalue weighted by atomic mass is 9.89. The van der Waals surface area contributed by atoms with Gasteiger partial charge in [-0.2, -0.15) is 0 Å². The van der Waals surface area contributed by atoms with Gasteiger partial charge >= 0.3 is 0 Å². The van der Waals surface area contributed by atoms with Crippen molar-refractivity contribution in [2.45, 2.75) is 64.3 Å². The lowest BCUT2D eigenvalue weighted by molar-refractivity contribution is 0.488. The molecule has 51 heavy (non-hydrogen) atoms. The first-order chi connectivity index (χ1) is 25.0. The molecule has 5 heteroatoms. The maximum absolute atomic E-state index is 9.90. The third kappa shape index (κ3) is 5.00. The minimum atomic E-state index is -2.71. The minimum absolute atomic E-state index is 0.630. The van der Waals surface area contributed by atoms with Crippen molar-refractivity contribution in [1.29, 1.82) is 0 Å². The molecule has 2 heterocycles. The van der Waals surface area contributed by atoms with Crippen LogP contribution in [0.25, 0.3) is 11.1 Å². The van der Waals surface area contributed by atoms with E-state index >= 15 is 0 Å². The average Bonchev–Trinajstić information content (AvgIpc) is 3.61. The molecular formula is C46H46O2Si3. The van der Waals surface area contributed by atoms with Crippen LogP contribution < -0.4 is 45.8 Å². The fourth-order valence-corrected chi connectivity index (χ4v) is 18.7. The molecule has 0 N–H and O–H groups in total. The van der Waals surface area contributed by atoms with Crippen molar-refractivity contribution in [3.63, 3.8) is 0 Å². The van der Waals surface area contributed by atoms with Crippen molar-refractivity contribution in [3.8, 4) is 34.1 Å². The van der Waals surface area contributed by atoms with E-state index in [0.29, 0.717) is 0 Å². The predicted molar refractivity (Wildman–Crippen MR) is 223 cm³/mol. The van der Waals surface area contributed by atoms with Gasteiger partial charge in [-0.15, -0.1) is 0 Å². The minimum Gasteiger partial charge on any atom is -0.458 e. The molecule has 1 aliphatic carbocycles. The van der Waals surface area contributed by atoms with Gasteiger partial charge < -0.3 is 9.47 Å². The molecule has 254 valence electrons. The zero-order valence-corrected chi connectivity index (χ0v) is 33.3. The normalized spacial score (nSPS) is 18.8. The number of benzene rings is 6. The van der Waals surface area contributed by atoms with Gasteiger partial charge in [0.2, 0.25) is 0 Å². The summed E-state index contributed by atoms with van der Waals surface area (Å²) in [6.45, 7) is 12.3. The van der Waals surface area contributed by atoms with E-state index in [9.17, 15) is 1.37 Å². The summed E-state index contributed by atoms with van der Waals surface area (Å²) in [5.74, 6) is 3.37. The van der Waals surface area contributed by atoms with Gasteiger partial charge in [-0.1, -0.05) is 167 Å². The molecule has 0 spiro atoms. The Hall–Kier alpha value is -4.43. The van der Waals surface area contributed by atoms with E-state index in [4.69, 9.17) is 9.47 Å². The molecule has 9 rings (SSSR count). The fourth-order valence-electron chi connectivity index (χ4n) is 9.24. The molecule has 0 saturated heterocycles. The number of para-hydroxylation sites is 4. The molecule has 1 fully saturated rings. The van der Waals surface area contributed by atoms with Gasteiger partial charge in [0, 0.05) is 6.93 Å². The second kappa shape index (κ2) is 12.1. The quantitative estimate of drug-likeness (QED) is 0.133. The highest BCUT2D eigenvalue weighted by Gasteiger charge is 2.44. The number of ether oxygens (including phenoxy) is 2. The lowest BCUT2D eigenvalue weighted by Gasteiger charge is -2.38. The summed E-state index contributed by atoms with van der Waals surface area (Å²) >= 11 is 0. The van der Waals surface area contributed by atoms with Crippen LogP contribution in [0.3, 0.4) is 0 Å². The highest BCUT2D eigenvalue weighted by Crippen LogP contribution is 2.43. The van der Waals surface area contributed by atoms with Gasteiger partial charge in [-0.05, 0) is 78.3 Å². The number of hydrogen-bond acceptors (Lipinski definition) is 2. The summed E-state index contributed by atoms with van der Waals surface area (Å²) in [4.78, 5) is 0. The van der Waals surface area contributed by atoms with Gasteiger partial charge in [0.25, 0.3) is 0 Å². The standard InChI is InChI=1S/C46H46O2Si3/c1-49(2)40-24-13-11-22-38(40)47-45-36(21-15-26-42(45)49)37-31-34(29-30-35(37)32-17-9-10-18-32)51(5,33-19-7-6-8-20-33)44-28-16-27-43-46(44)48-39-23-12-14-25-41(39)50(43,3)4/h6-8,11-16,19-32H,9-10,17-18H2,1-5H3/i32D. The van der Waals surface area contributed by atoms with E-state index < -0.39 is 30.1 Å². The Bertz CT molecular complexity index is 2360. The smallest absolute Gasteiger partial charge is 0.150 e. The first-order valence-corrected chi connectivity index (χ1v) is 27.1. The van der Waals surface area contributed by atoms with Crippen LogP contribution in [0.15, 0.2) is 133 Å². The van der Waals surface area contributed by atoms with E-state index in [-0.39, 0.29) is 0 Å². The molecule has 1 unspecified atom stereocenters. The summed E-state index contributed by atoms with van der Waals surface area (Å²) in [6, 6.07) is 49.2. The second-order valence-electron chi connectivity index (χ2n) is 15.9. The predicted octanol–water partition coefficient (Wildman–Crippen LogP) is 7.97. The summed E-state index contributed by atoms with van der Waals surface area (Å²) in [6.07, 6.45) is 3.94. The molecule has 0 aromatic heterocycles. The first-order valence-electron chi connectivity index (χ1n) is 19.1. The third-order valence-corrected chi connectivity index (χ3v) is 23.7. The molecule has 3 aliphatic rings. The second-order valence-corrected chi connectivity index (χ2v) is 28.5. The number of hydrogen-bond donors (Lipinski definition) is 0. The van der Waals surface area contributed by atoms with Crippen molar-refractivity contribution in [3.05, 3.63) is 139 Å². The van der Waals surface area contributed by atoms with Crippen molar-refractivity contribution < 1.29 is 10.8 Å². The highest BCUT2D eigenvalue weighted by atomic mass is 28.3. The highest BCUT2D eigenvalue weighted by molar-refractivity contribution is 7.12. The number of fused-ring (bicyclic) bond motifs is 4. The van der Waals surface area contributed by atoms with Crippen molar-refractivity contribution in [2.75, 3.05) is 0 Å². The molecule has 0 bridgehead atoms. The molecule has 1 atom stereocenters. The largest absolute Gasteiger partial charge is 0.458 e. The van der Waals surface area contributed by atoms with Crippen LogP contribution in [0.5, 0.6) is 23.0 Å². The molecular weight excluding hydrogens is 669 g/mol. The monoisotopic (exact) mass is 715 g/mol. The van der Waals surface area contributed by atoms with Gasteiger partial charge in [0.05, 0.1) is 0 Å². The Balaban J connectivity index is 1.31. The zero-order chi connectivity index (χ0) is 35.9. The topological polar surface area (TPSA) is 18.5 Å². The molecule has 2 nitrogen and oxygen atoms in total. The van der Waals surface area contributed by atoms with Gasteiger partial charge in [0.1, 0.15) is 47.2 Å². The van der Waals surface area contributed by atoms with Gasteiger partial charge in [-0.25, -0.2) is 0 Å².